The van der Waals surface area contributed by atoms with Crippen LogP contribution in [-0.2, 0) is 6.54 Å². The molecule has 2 aromatic carbocycles. The molecule has 0 aliphatic heterocycles. The van der Waals surface area contributed by atoms with E-state index in [1.165, 1.54) is 12.1 Å². The maximum atomic E-state index is 13.1. The minimum atomic E-state index is -0.213. The topological polar surface area (TPSA) is 33.7 Å². The number of likely N-dealkylation sites (N-methyl/N-ethyl adjacent to an activating group) is 1. The molecule has 1 atom stereocenters. The van der Waals surface area contributed by atoms with Gasteiger partial charge in [0.15, 0.2) is 11.5 Å². The molecule has 4 nitrogen and oxygen atoms in total. The number of methoxy groups -OCH3 is 2. The number of hydrogen-bond donors (Lipinski definition) is 1. The first-order valence-electron chi connectivity index (χ1n) is 7.88. The van der Waals surface area contributed by atoms with Crippen LogP contribution in [0.25, 0.3) is 0 Å². The fourth-order valence-electron chi connectivity index (χ4n) is 2.63. The third-order valence-electron chi connectivity index (χ3n) is 3.99. The second-order valence-electron chi connectivity index (χ2n) is 5.85. The lowest BCUT2D eigenvalue weighted by atomic mass is 10.1. The Bertz CT molecular complexity index is 644. The first kappa shape index (κ1) is 18.2. The van der Waals surface area contributed by atoms with E-state index in [0.717, 1.165) is 29.2 Å². The van der Waals surface area contributed by atoms with E-state index in [2.05, 4.69) is 10.2 Å². The summed E-state index contributed by atoms with van der Waals surface area (Å²) >= 11 is 0. The highest BCUT2D eigenvalue weighted by atomic mass is 19.1. The molecule has 0 spiro atoms. The monoisotopic (exact) mass is 332 g/mol. The minimum Gasteiger partial charge on any atom is -0.493 e. The van der Waals surface area contributed by atoms with Crippen molar-refractivity contribution in [3.8, 4) is 11.5 Å². The van der Waals surface area contributed by atoms with Gasteiger partial charge in [-0.2, -0.15) is 0 Å². The van der Waals surface area contributed by atoms with E-state index in [4.69, 9.17) is 9.47 Å². The SMILES string of the molecule is COc1ccc(CNCC(c2ccc(F)cc2)N(C)C)cc1OC. The zero-order chi connectivity index (χ0) is 17.5. The number of ether oxygens (including phenoxy) is 2. The molecule has 0 fully saturated rings. The molecule has 0 heterocycles. The van der Waals surface area contributed by atoms with Gasteiger partial charge in [0.2, 0.25) is 0 Å². The van der Waals surface area contributed by atoms with Gasteiger partial charge in [-0.3, -0.25) is 0 Å². The molecule has 0 radical (unpaired) electrons. The summed E-state index contributed by atoms with van der Waals surface area (Å²) < 4.78 is 23.7. The highest BCUT2D eigenvalue weighted by Crippen LogP contribution is 2.27. The highest BCUT2D eigenvalue weighted by molar-refractivity contribution is 5.42. The third kappa shape index (κ3) is 4.69. The Labute approximate surface area is 143 Å². The van der Waals surface area contributed by atoms with Gasteiger partial charge in [0, 0.05) is 19.1 Å². The first-order chi connectivity index (χ1) is 11.5. The molecule has 2 rings (SSSR count). The summed E-state index contributed by atoms with van der Waals surface area (Å²) in [6.07, 6.45) is 0. The van der Waals surface area contributed by atoms with Crippen molar-refractivity contribution < 1.29 is 13.9 Å². The van der Waals surface area contributed by atoms with Gasteiger partial charge in [0.1, 0.15) is 5.82 Å². The smallest absolute Gasteiger partial charge is 0.161 e. The Morgan fingerprint density at radius 1 is 1.00 bits per heavy atom. The highest BCUT2D eigenvalue weighted by Gasteiger charge is 2.14. The van der Waals surface area contributed by atoms with Crippen molar-refractivity contribution in [2.75, 3.05) is 34.9 Å². The number of nitrogens with one attached hydrogen (secondary N) is 1. The number of benzene rings is 2. The van der Waals surface area contributed by atoms with Gasteiger partial charge in [-0.1, -0.05) is 18.2 Å². The van der Waals surface area contributed by atoms with E-state index in [1.54, 1.807) is 14.2 Å². The van der Waals surface area contributed by atoms with Crippen molar-refractivity contribution in [1.82, 2.24) is 10.2 Å². The molecule has 0 saturated heterocycles. The Balaban J connectivity index is 1.99. The largest absolute Gasteiger partial charge is 0.493 e. The average Bonchev–Trinajstić information content (AvgIpc) is 2.59. The molecular formula is C19H25FN2O2. The summed E-state index contributed by atoms with van der Waals surface area (Å²) in [5.41, 5.74) is 2.20. The van der Waals surface area contributed by atoms with Crippen LogP contribution in [0.4, 0.5) is 4.39 Å². The number of halogens is 1. The maximum absolute atomic E-state index is 13.1. The molecule has 0 amide bonds. The normalized spacial score (nSPS) is 12.2. The lowest BCUT2D eigenvalue weighted by Gasteiger charge is -2.25. The van der Waals surface area contributed by atoms with Gasteiger partial charge in [0.25, 0.3) is 0 Å². The molecule has 24 heavy (non-hydrogen) atoms. The van der Waals surface area contributed by atoms with Crippen LogP contribution in [0.2, 0.25) is 0 Å². The molecule has 0 bridgehead atoms. The van der Waals surface area contributed by atoms with E-state index >= 15 is 0 Å². The quantitative estimate of drug-likeness (QED) is 0.805. The predicted molar refractivity (Wildman–Crippen MR) is 94.1 cm³/mol. The predicted octanol–water partition coefficient (Wildman–Crippen LogP) is 3.24. The molecule has 0 aliphatic rings. The Hall–Kier alpha value is -2.11. The van der Waals surface area contributed by atoms with Crippen LogP contribution in [-0.4, -0.2) is 39.8 Å². The maximum Gasteiger partial charge on any atom is 0.161 e. The summed E-state index contributed by atoms with van der Waals surface area (Å²) in [7, 11) is 7.30. The van der Waals surface area contributed by atoms with Gasteiger partial charge in [-0.25, -0.2) is 4.39 Å². The van der Waals surface area contributed by atoms with Crippen LogP contribution in [0.15, 0.2) is 42.5 Å². The van der Waals surface area contributed by atoms with E-state index in [9.17, 15) is 4.39 Å². The van der Waals surface area contributed by atoms with E-state index < -0.39 is 0 Å². The van der Waals surface area contributed by atoms with Crippen LogP contribution in [0.5, 0.6) is 11.5 Å². The molecule has 130 valence electrons. The molecule has 1 unspecified atom stereocenters. The van der Waals surface area contributed by atoms with Crippen LogP contribution in [0.1, 0.15) is 17.2 Å². The molecule has 0 aliphatic carbocycles. The van der Waals surface area contributed by atoms with Gasteiger partial charge in [0.05, 0.1) is 14.2 Å². The number of hydrogen-bond acceptors (Lipinski definition) is 4. The number of nitrogens with zero attached hydrogens (tertiary/aromatic N) is 1. The van der Waals surface area contributed by atoms with Crippen LogP contribution in [0.3, 0.4) is 0 Å². The summed E-state index contributed by atoms with van der Waals surface area (Å²) in [6.45, 7) is 1.47. The second-order valence-corrected chi connectivity index (χ2v) is 5.85. The van der Waals surface area contributed by atoms with Gasteiger partial charge in [-0.15, -0.1) is 0 Å². The van der Waals surface area contributed by atoms with Crippen molar-refractivity contribution in [3.63, 3.8) is 0 Å². The number of rotatable bonds is 8. The third-order valence-corrected chi connectivity index (χ3v) is 3.99. The molecule has 0 saturated carbocycles. The first-order valence-corrected chi connectivity index (χ1v) is 7.88. The van der Waals surface area contributed by atoms with Gasteiger partial charge >= 0.3 is 0 Å². The zero-order valence-electron chi connectivity index (χ0n) is 14.7. The zero-order valence-corrected chi connectivity index (χ0v) is 14.7. The van der Waals surface area contributed by atoms with Crippen molar-refractivity contribution >= 4 is 0 Å². The van der Waals surface area contributed by atoms with E-state index in [-0.39, 0.29) is 11.9 Å². The van der Waals surface area contributed by atoms with Gasteiger partial charge in [-0.05, 0) is 49.5 Å². The average molecular weight is 332 g/mol. The van der Waals surface area contributed by atoms with Crippen molar-refractivity contribution in [2.24, 2.45) is 0 Å². The van der Waals surface area contributed by atoms with Crippen molar-refractivity contribution in [2.45, 2.75) is 12.6 Å². The van der Waals surface area contributed by atoms with E-state index in [1.807, 2.05) is 44.4 Å². The summed E-state index contributed by atoms with van der Waals surface area (Å²) in [4.78, 5) is 2.12. The van der Waals surface area contributed by atoms with E-state index in [0.29, 0.717) is 6.54 Å². The fraction of sp³-hybridized carbons (Fsp3) is 0.368. The Kier molecular flexibility index (Phi) is 6.58. The summed E-state index contributed by atoms with van der Waals surface area (Å²) in [6, 6.07) is 12.7. The van der Waals surface area contributed by atoms with Gasteiger partial charge < -0.3 is 19.7 Å². The molecule has 5 heteroatoms. The van der Waals surface area contributed by atoms with Crippen molar-refractivity contribution in [1.29, 1.82) is 0 Å². The summed E-state index contributed by atoms with van der Waals surface area (Å²) in [5.74, 6) is 1.23. The van der Waals surface area contributed by atoms with Crippen LogP contribution < -0.4 is 14.8 Å². The lowest BCUT2D eigenvalue weighted by molar-refractivity contribution is 0.288. The molecule has 0 aromatic heterocycles. The standard InChI is InChI=1S/C19H25FN2O2/c1-22(2)17(15-6-8-16(20)9-7-15)13-21-12-14-5-10-18(23-3)19(11-14)24-4/h5-11,17,21H,12-13H2,1-4H3. The Morgan fingerprint density at radius 3 is 2.25 bits per heavy atom. The van der Waals surface area contributed by atoms with Crippen LogP contribution in [0, 0.1) is 5.82 Å². The molecular weight excluding hydrogens is 307 g/mol. The summed E-state index contributed by atoms with van der Waals surface area (Å²) in [5, 5.41) is 3.45. The lowest BCUT2D eigenvalue weighted by Crippen LogP contribution is -2.30. The molecule has 2 aromatic rings. The second kappa shape index (κ2) is 8.66. The fourth-order valence-corrected chi connectivity index (χ4v) is 2.63. The van der Waals surface area contributed by atoms with Crippen molar-refractivity contribution in [3.05, 3.63) is 59.4 Å². The minimum absolute atomic E-state index is 0.172. The van der Waals surface area contributed by atoms with Crippen LogP contribution >= 0.6 is 0 Å². The molecule has 1 N–H and O–H groups in total. The Morgan fingerprint density at radius 2 is 1.67 bits per heavy atom.